The molecule has 3 heteroatoms. The molecule has 0 spiro atoms. The maximum absolute atomic E-state index is 5.45. The van der Waals surface area contributed by atoms with Crippen molar-refractivity contribution in [3.05, 3.63) is 0 Å². The second kappa shape index (κ2) is 9.96. The third kappa shape index (κ3) is 9.80. The van der Waals surface area contributed by atoms with Crippen molar-refractivity contribution in [2.45, 2.75) is 26.2 Å². The van der Waals surface area contributed by atoms with Crippen molar-refractivity contribution in [3.63, 3.8) is 0 Å². The first-order valence-corrected chi connectivity index (χ1v) is 5.08. The molecule has 0 amide bonds. The van der Waals surface area contributed by atoms with E-state index in [9.17, 15) is 0 Å². The average molecular weight is 189 g/mol. The Morgan fingerprint density at radius 2 is 1.92 bits per heavy atom. The Kier molecular flexibility index (Phi) is 9.87. The fraction of sp³-hybridized carbons (Fsp3) is 1.00. The van der Waals surface area contributed by atoms with Crippen LogP contribution in [0, 0.1) is 5.92 Å². The molecule has 0 aromatic rings. The Morgan fingerprint density at radius 3 is 2.54 bits per heavy atom. The summed E-state index contributed by atoms with van der Waals surface area (Å²) in [5.74, 6) is 0.732. The molecule has 80 valence electrons. The first-order chi connectivity index (χ1) is 6.31. The lowest BCUT2D eigenvalue weighted by molar-refractivity contribution is 0.0673. The molecule has 0 aromatic carbocycles. The summed E-state index contributed by atoms with van der Waals surface area (Å²) in [6, 6.07) is 0. The minimum Gasteiger partial charge on any atom is -0.382 e. The van der Waals surface area contributed by atoms with Crippen molar-refractivity contribution in [2.24, 2.45) is 11.7 Å². The minimum atomic E-state index is 0.693. The van der Waals surface area contributed by atoms with Crippen LogP contribution in [0.25, 0.3) is 0 Å². The summed E-state index contributed by atoms with van der Waals surface area (Å²) < 4.78 is 10.2. The summed E-state index contributed by atoms with van der Waals surface area (Å²) in [7, 11) is 1.69. The zero-order chi connectivity index (χ0) is 9.94. The van der Waals surface area contributed by atoms with Crippen LogP contribution in [-0.2, 0) is 9.47 Å². The van der Waals surface area contributed by atoms with E-state index in [4.69, 9.17) is 15.2 Å². The summed E-state index contributed by atoms with van der Waals surface area (Å²) in [5.41, 5.74) is 5.45. The molecule has 0 aliphatic carbocycles. The summed E-state index contributed by atoms with van der Waals surface area (Å²) in [4.78, 5) is 0. The van der Waals surface area contributed by atoms with Crippen LogP contribution < -0.4 is 5.73 Å². The van der Waals surface area contributed by atoms with Gasteiger partial charge in [-0.1, -0.05) is 6.92 Å². The van der Waals surface area contributed by atoms with Crippen LogP contribution in [0.15, 0.2) is 0 Å². The summed E-state index contributed by atoms with van der Waals surface area (Å²) in [5, 5.41) is 0. The quantitative estimate of drug-likeness (QED) is 0.558. The SMILES string of the molecule is COCCOCCCC(C)CCN. The zero-order valence-electron chi connectivity index (χ0n) is 8.92. The van der Waals surface area contributed by atoms with Gasteiger partial charge in [0.15, 0.2) is 0 Å². The Labute approximate surface area is 81.6 Å². The van der Waals surface area contributed by atoms with Crippen LogP contribution in [-0.4, -0.2) is 33.5 Å². The molecule has 0 bridgehead atoms. The van der Waals surface area contributed by atoms with Crippen molar-refractivity contribution in [2.75, 3.05) is 33.5 Å². The van der Waals surface area contributed by atoms with Gasteiger partial charge in [0.1, 0.15) is 0 Å². The fourth-order valence-corrected chi connectivity index (χ4v) is 1.21. The van der Waals surface area contributed by atoms with Gasteiger partial charge in [0.05, 0.1) is 13.2 Å². The molecule has 0 saturated heterocycles. The first-order valence-electron chi connectivity index (χ1n) is 5.08. The number of methoxy groups -OCH3 is 1. The maximum Gasteiger partial charge on any atom is 0.0700 e. The van der Waals surface area contributed by atoms with E-state index in [0.717, 1.165) is 31.9 Å². The van der Waals surface area contributed by atoms with Gasteiger partial charge in [-0.15, -0.1) is 0 Å². The van der Waals surface area contributed by atoms with E-state index in [1.165, 1.54) is 6.42 Å². The van der Waals surface area contributed by atoms with Gasteiger partial charge in [0.25, 0.3) is 0 Å². The lowest BCUT2D eigenvalue weighted by Gasteiger charge is -2.09. The molecule has 0 radical (unpaired) electrons. The van der Waals surface area contributed by atoms with Crippen molar-refractivity contribution < 1.29 is 9.47 Å². The highest BCUT2D eigenvalue weighted by Gasteiger charge is 1.99. The number of rotatable bonds is 9. The Hall–Kier alpha value is -0.120. The molecule has 0 saturated carbocycles. The van der Waals surface area contributed by atoms with Crippen molar-refractivity contribution >= 4 is 0 Å². The molecular formula is C10H23NO2. The van der Waals surface area contributed by atoms with Gasteiger partial charge in [0.2, 0.25) is 0 Å². The lowest BCUT2D eigenvalue weighted by Crippen LogP contribution is -2.08. The third-order valence-corrected chi connectivity index (χ3v) is 2.08. The van der Waals surface area contributed by atoms with Crippen molar-refractivity contribution in [1.29, 1.82) is 0 Å². The average Bonchev–Trinajstić information content (AvgIpc) is 2.11. The van der Waals surface area contributed by atoms with E-state index in [2.05, 4.69) is 6.92 Å². The van der Waals surface area contributed by atoms with Crippen molar-refractivity contribution in [1.82, 2.24) is 0 Å². The smallest absolute Gasteiger partial charge is 0.0700 e. The van der Waals surface area contributed by atoms with Crippen molar-refractivity contribution in [3.8, 4) is 0 Å². The Morgan fingerprint density at radius 1 is 1.15 bits per heavy atom. The third-order valence-electron chi connectivity index (χ3n) is 2.08. The topological polar surface area (TPSA) is 44.5 Å². The molecule has 2 N–H and O–H groups in total. The van der Waals surface area contributed by atoms with E-state index in [1.807, 2.05) is 0 Å². The predicted molar refractivity (Wildman–Crippen MR) is 54.8 cm³/mol. The monoisotopic (exact) mass is 189 g/mol. The summed E-state index contributed by atoms with van der Waals surface area (Å²) >= 11 is 0. The fourth-order valence-electron chi connectivity index (χ4n) is 1.21. The number of hydrogen-bond acceptors (Lipinski definition) is 3. The van der Waals surface area contributed by atoms with Gasteiger partial charge in [-0.05, 0) is 31.7 Å². The Bertz CT molecular complexity index is 98.9. The molecule has 0 heterocycles. The normalized spacial score (nSPS) is 13.2. The largest absolute Gasteiger partial charge is 0.382 e. The van der Waals surface area contributed by atoms with Gasteiger partial charge in [-0.3, -0.25) is 0 Å². The van der Waals surface area contributed by atoms with Crippen LogP contribution in [0.1, 0.15) is 26.2 Å². The van der Waals surface area contributed by atoms with Crippen LogP contribution in [0.3, 0.4) is 0 Å². The molecule has 0 rings (SSSR count). The van der Waals surface area contributed by atoms with Gasteiger partial charge in [-0.25, -0.2) is 0 Å². The summed E-state index contributed by atoms with van der Waals surface area (Å²) in [6.07, 6.45) is 3.47. The van der Waals surface area contributed by atoms with Crippen LogP contribution in [0.5, 0.6) is 0 Å². The van der Waals surface area contributed by atoms with Crippen LogP contribution in [0.4, 0.5) is 0 Å². The molecule has 0 aliphatic heterocycles. The van der Waals surface area contributed by atoms with E-state index >= 15 is 0 Å². The molecular weight excluding hydrogens is 166 g/mol. The lowest BCUT2D eigenvalue weighted by atomic mass is 10.0. The standard InChI is InChI=1S/C10H23NO2/c1-10(5-6-11)4-3-7-13-9-8-12-2/h10H,3-9,11H2,1-2H3. The van der Waals surface area contributed by atoms with E-state index in [1.54, 1.807) is 7.11 Å². The number of hydrogen-bond donors (Lipinski definition) is 1. The molecule has 0 aromatic heterocycles. The Balaban J connectivity index is 2.97. The zero-order valence-corrected chi connectivity index (χ0v) is 8.92. The molecule has 13 heavy (non-hydrogen) atoms. The van der Waals surface area contributed by atoms with Gasteiger partial charge >= 0.3 is 0 Å². The number of ether oxygens (including phenoxy) is 2. The minimum absolute atomic E-state index is 0.693. The van der Waals surface area contributed by atoms with Gasteiger partial charge < -0.3 is 15.2 Å². The van der Waals surface area contributed by atoms with E-state index in [-0.39, 0.29) is 0 Å². The van der Waals surface area contributed by atoms with Crippen LogP contribution in [0.2, 0.25) is 0 Å². The second-order valence-corrected chi connectivity index (χ2v) is 3.43. The van der Waals surface area contributed by atoms with E-state index < -0.39 is 0 Å². The first kappa shape index (κ1) is 12.9. The predicted octanol–water partition coefficient (Wildman–Crippen LogP) is 1.41. The molecule has 1 unspecified atom stereocenters. The highest BCUT2D eigenvalue weighted by molar-refractivity contribution is 4.53. The molecule has 1 atom stereocenters. The maximum atomic E-state index is 5.45. The highest BCUT2D eigenvalue weighted by atomic mass is 16.5. The molecule has 0 aliphatic rings. The highest BCUT2D eigenvalue weighted by Crippen LogP contribution is 2.08. The second-order valence-electron chi connectivity index (χ2n) is 3.43. The van der Waals surface area contributed by atoms with Crippen LogP contribution >= 0.6 is 0 Å². The number of nitrogens with two attached hydrogens (primary N) is 1. The molecule has 0 fully saturated rings. The summed E-state index contributed by atoms with van der Waals surface area (Å²) in [6.45, 7) is 5.28. The molecule has 3 nitrogen and oxygen atoms in total. The van der Waals surface area contributed by atoms with Gasteiger partial charge in [0, 0.05) is 13.7 Å². The van der Waals surface area contributed by atoms with Gasteiger partial charge in [-0.2, -0.15) is 0 Å². The van der Waals surface area contributed by atoms with E-state index in [0.29, 0.717) is 13.2 Å².